The minimum Gasteiger partial charge on any atom is -0.486 e. The minimum atomic E-state index is 0.320. The number of ether oxygens (including phenoxy) is 1. The Hall–Kier alpha value is -1.81. The van der Waals surface area contributed by atoms with Crippen LogP contribution in [0.25, 0.3) is 0 Å². The Labute approximate surface area is 117 Å². The predicted octanol–water partition coefficient (Wildman–Crippen LogP) is 3.45. The Kier molecular flexibility index (Phi) is 4.58. The van der Waals surface area contributed by atoms with Crippen molar-refractivity contribution >= 4 is 17.4 Å². The molecule has 1 heterocycles. The van der Waals surface area contributed by atoms with Gasteiger partial charge in [0.15, 0.2) is 5.82 Å². The second-order valence-electron chi connectivity index (χ2n) is 4.09. The molecular weight excluding hydrogens is 262 g/mol. The van der Waals surface area contributed by atoms with Crippen molar-refractivity contribution in [2.75, 3.05) is 11.9 Å². The largest absolute Gasteiger partial charge is 0.486 e. The number of rotatable bonds is 5. The summed E-state index contributed by atoms with van der Waals surface area (Å²) < 4.78 is 5.62. The van der Waals surface area contributed by atoms with Crippen LogP contribution in [0, 0.1) is 6.92 Å². The quantitative estimate of drug-likeness (QED) is 0.909. The van der Waals surface area contributed by atoms with Crippen molar-refractivity contribution in [2.24, 2.45) is 0 Å². The molecule has 100 valence electrons. The first-order chi connectivity index (χ1) is 9.17. The van der Waals surface area contributed by atoms with Crippen LogP contribution in [0.3, 0.4) is 0 Å². The summed E-state index contributed by atoms with van der Waals surface area (Å²) in [7, 11) is 0. The number of aryl methyl sites for hydroxylation is 1. The number of nitrogens with one attached hydrogen (secondary N) is 1. The average Bonchev–Trinajstić information content (AvgIpc) is 2.36. The lowest BCUT2D eigenvalue weighted by Crippen LogP contribution is -2.07. The average molecular weight is 278 g/mol. The van der Waals surface area contributed by atoms with Crippen molar-refractivity contribution in [3.63, 3.8) is 0 Å². The number of hydrogen-bond donors (Lipinski definition) is 1. The molecule has 4 nitrogen and oxygen atoms in total. The van der Waals surface area contributed by atoms with Crippen molar-refractivity contribution in [3.05, 3.63) is 46.9 Å². The zero-order valence-corrected chi connectivity index (χ0v) is 11.7. The van der Waals surface area contributed by atoms with Gasteiger partial charge in [0.05, 0.1) is 0 Å². The van der Waals surface area contributed by atoms with E-state index >= 15 is 0 Å². The van der Waals surface area contributed by atoms with Gasteiger partial charge < -0.3 is 10.1 Å². The van der Waals surface area contributed by atoms with E-state index in [9.17, 15) is 0 Å². The van der Waals surface area contributed by atoms with E-state index in [0.717, 1.165) is 18.1 Å². The first-order valence-electron chi connectivity index (χ1n) is 6.14. The molecule has 0 bridgehead atoms. The van der Waals surface area contributed by atoms with Gasteiger partial charge in [-0.2, -0.15) is 0 Å². The van der Waals surface area contributed by atoms with Crippen molar-refractivity contribution in [1.82, 2.24) is 9.97 Å². The van der Waals surface area contributed by atoms with Crippen molar-refractivity contribution in [1.29, 1.82) is 0 Å². The fraction of sp³-hybridized carbons (Fsp3) is 0.286. The van der Waals surface area contributed by atoms with E-state index in [0.29, 0.717) is 23.2 Å². The third-order valence-corrected chi connectivity index (χ3v) is 2.66. The molecule has 2 rings (SSSR count). The summed E-state index contributed by atoms with van der Waals surface area (Å²) in [5, 5.41) is 3.82. The molecule has 0 spiro atoms. The number of nitrogens with zero attached hydrogens (tertiary/aromatic N) is 2. The Morgan fingerprint density at radius 3 is 2.84 bits per heavy atom. The van der Waals surface area contributed by atoms with Gasteiger partial charge in [0.2, 0.25) is 0 Å². The maximum atomic E-state index is 5.90. The summed E-state index contributed by atoms with van der Waals surface area (Å²) in [4.78, 5) is 8.73. The summed E-state index contributed by atoms with van der Waals surface area (Å²) in [5.74, 6) is 2.18. The first kappa shape index (κ1) is 13.6. The molecular formula is C14H16ClN3O. The molecule has 0 unspecified atom stereocenters. The molecule has 5 heteroatoms. The normalized spacial score (nSPS) is 10.3. The van der Waals surface area contributed by atoms with E-state index in [2.05, 4.69) is 15.3 Å². The lowest BCUT2D eigenvalue weighted by Gasteiger charge is -2.08. The monoisotopic (exact) mass is 277 g/mol. The molecule has 0 aliphatic rings. The van der Waals surface area contributed by atoms with Crippen LogP contribution in [0.15, 0.2) is 30.3 Å². The Balaban J connectivity index is 2.06. The SMILES string of the molecule is CCNc1cc(C)nc(COc2cccc(Cl)c2)n1. The highest BCUT2D eigenvalue weighted by Crippen LogP contribution is 2.18. The smallest absolute Gasteiger partial charge is 0.168 e. The number of benzene rings is 1. The standard InChI is InChI=1S/C14H16ClN3O/c1-3-16-13-7-10(2)17-14(18-13)9-19-12-6-4-5-11(15)8-12/h4-8H,3,9H2,1-2H3,(H,16,17,18). The van der Waals surface area contributed by atoms with Crippen LogP contribution in [0.5, 0.6) is 5.75 Å². The van der Waals surface area contributed by atoms with Gasteiger partial charge in [-0.15, -0.1) is 0 Å². The molecule has 1 aromatic carbocycles. The highest BCUT2D eigenvalue weighted by molar-refractivity contribution is 6.30. The fourth-order valence-corrected chi connectivity index (χ4v) is 1.85. The van der Waals surface area contributed by atoms with Gasteiger partial charge in [0.1, 0.15) is 18.2 Å². The zero-order valence-electron chi connectivity index (χ0n) is 11.0. The molecule has 0 saturated carbocycles. The maximum Gasteiger partial charge on any atom is 0.168 e. The molecule has 19 heavy (non-hydrogen) atoms. The van der Waals surface area contributed by atoms with Crippen molar-refractivity contribution in [2.45, 2.75) is 20.5 Å². The van der Waals surface area contributed by atoms with E-state index in [1.54, 1.807) is 12.1 Å². The molecule has 0 amide bonds. The van der Waals surface area contributed by atoms with Crippen LogP contribution in [-0.2, 0) is 6.61 Å². The highest BCUT2D eigenvalue weighted by atomic mass is 35.5. The van der Waals surface area contributed by atoms with E-state index in [4.69, 9.17) is 16.3 Å². The number of anilines is 1. The number of hydrogen-bond acceptors (Lipinski definition) is 4. The van der Waals surface area contributed by atoms with Crippen LogP contribution >= 0.6 is 11.6 Å². The summed E-state index contributed by atoms with van der Waals surface area (Å²) in [5.41, 5.74) is 0.913. The molecule has 0 fully saturated rings. The van der Waals surface area contributed by atoms with Gasteiger partial charge in [0.25, 0.3) is 0 Å². The summed E-state index contributed by atoms with van der Waals surface area (Å²) >= 11 is 5.90. The van der Waals surface area contributed by atoms with Gasteiger partial charge in [-0.25, -0.2) is 9.97 Å². The van der Waals surface area contributed by atoms with Crippen molar-refractivity contribution in [3.8, 4) is 5.75 Å². The van der Waals surface area contributed by atoms with Crippen LogP contribution < -0.4 is 10.1 Å². The summed E-state index contributed by atoms with van der Waals surface area (Å²) in [6.07, 6.45) is 0. The molecule has 0 saturated heterocycles. The molecule has 0 atom stereocenters. The van der Waals surface area contributed by atoms with Gasteiger partial charge >= 0.3 is 0 Å². The Morgan fingerprint density at radius 1 is 1.26 bits per heavy atom. The summed E-state index contributed by atoms with van der Waals surface area (Å²) in [6, 6.07) is 9.18. The van der Waals surface area contributed by atoms with E-state index in [-0.39, 0.29) is 0 Å². The predicted molar refractivity (Wildman–Crippen MR) is 76.7 cm³/mol. The minimum absolute atomic E-state index is 0.320. The molecule has 0 aliphatic heterocycles. The molecule has 1 N–H and O–H groups in total. The second-order valence-corrected chi connectivity index (χ2v) is 4.52. The Bertz CT molecular complexity index is 560. The highest BCUT2D eigenvalue weighted by Gasteiger charge is 2.03. The second kappa shape index (κ2) is 6.38. The van der Waals surface area contributed by atoms with Gasteiger partial charge in [-0.3, -0.25) is 0 Å². The fourth-order valence-electron chi connectivity index (χ4n) is 1.67. The maximum absolute atomic E-state index is 5.90. The lowest BCUT2D eigenvalue weighted by molar-refractivity contribution is 0.295. The zero-order chi connectivity index (χ0) is 13.7. The topological polar surface area (TPSA) is 47.0 Å². The summed E-state index contributed by atoms with van der Waals surface area (Å²) in [6.45, 7) is 5.11. The number of halogens is 1. The van der Waals surface area contributed by atoms with E-state index in [1.165, 1.54) is 0 Å². The van der Waals surface area contributed by atoms with Gasteiger partial charge in [-0.1, -0.05) is 17.7 Å². The molecule has 0 radical (unpaired) electrons. The van der Waals surface area contributed by atoms with Crippen LogP contribution in [-0.4, -0.2) is 16.5 Å². The third-order valence-electron chi connectivity index (χ3n) is 2.42. The van der Waals surface area contributed by atoms with Gasteiger partial charge in [-0.05, 0) is 32.0 Å². The number of aromatic nitrogens is 2. The Morgan fingerprint density at radius 2 is 2.11 bits per heavy atom. The van der Waals surface area contributed by atoms with Crippen LogP contribution in [0.4, 0.5) is 5.82 Å². The molecule has 1 aromatic heterocycles. The first-order valence-corrected chi connectivity index (χ1v) is 6.52. The van der Waals surface area contributed by atoms with Gasteiger partial charge in [0, 0.05) is 23.3 Å². The lowest BCUT2D eigenvalue weighted by atomic mass is 10.3. The van der Waals surface area contributed by atoms with Crippen LogP contribution in [0.1, 0.15) is 18.4 Å². The van der Waals surface area contributed by atoms with E-state index < -0.39 is 0 Å². The van der Waals surface area contributed by atoms with E-state index in [1.807, 2.05) is 32.0 Å². The molecule has 0 aliphatic carbocycles. The molecule has 2 aromatic rings. The third kappa shape index (κ3) is 4.10. The van der Waals surface area contributed by atoms with Crippen LogP contribution in [0.2, 0.25) is 5.02 Å². The van der Waals surface area contributed by atoms with Crippen molar-refractivity contribution < 1.29 is 4.74 Å².